The molecule has 2 aromatic carbocycles. The normalized spacial score (nSPS) is 11.6. The Morgan fingerprint density at radius 1 is 1.04 bits per heavy atom. The van der Waals surface area contributed by atoms with Crippen LogP contribution in [0.4, 0.5) is 5.95 Å². The van der Waals surface area contributed by atoms with Crippen LogP contribution in [-0.4, -0.2) is 32.5 Å². The molecule has 0 aliphatic carbocycles. The summed E-state index contributed by atoms with van der Waals surface area (Å²) in [6.45, 7) is 0.106. The second-order valence-electron chi connectivity index (χ2n) is 5.54. The molecule has 7 heteroatoms. The molecule has 3 aromatic rings. The van der Waals surface area contributed by atoms with Gasteiger partial charge in [-0.3, -0.25) is 0 Å². The molecule has 1 aromatic heterocycles. The van der Waals surface area contributed by atoms with Crippen molar-refractivity contribution in [2.24, 2.45) is 0 Å². The molecule has 24 heavy (non-hydrogen) atoms. The van der Waals surface area contributed by atoms with E-state index in [2.05, 4.69) is 14.7 Å². The molecule has 0 saturated heterocycles. The van der Waals surface area contributed by atoms with Crippen molar-refractivity contribution < 1.29 is 8.42 Å². The van der Waals surface area contributed by atoms with Crippen LogP contribution in [0.25, 0.3) is 10.8 Å². The molecule has 0 aliphatic rings. The molecular formula is C17H18N4O2S. The number of fused-ring (bicyclic) bond motifs is 1. The lowest BCUT2D eigenvalue weighted by Crippen LogP contribution is -2.24. The molecule has 0 radical (unpaired) electrons. The molecule has 0 unspecified atom stereocenters. The maximum Gasteiger partial charge on any atom is 0.241 e. The maximum atomic E-state index is 12.7. The molecule has 6 nitrogen and oxygen atoms in total. The third kappa shape index (κ3) is 3.37. The summed E-state index contributed by atoms with van der Waals surface area (Å²) in [5.74, 6) is 0.539. The van der Waals surface area contributed by atoms with Gasteiger partial charge in [-0.1, -0.05) is 36.4 Å². The van der Waals surface area contributed by atoms with Crippen molar-refractivity contribution >= 4 is 26.7 Å². The SMILES string of the molecule is CN(C)c1nccc(CNS(=O)(=O)c2cccc3ccccc23)n1. The highest BCUT2D eigenvalue weighted by atomic mass is 32.2. The van der Waals surface area contributed by atoms with E-state index in [9.17, 15) is 8.42 Å². The van der Waals surface area contributed by atoms with E-state index < -0.39 is 10.0 Å². The summed E-state index contributed by atoms with van der Waals surface area (Å²) < 4.78 is 28.0. The number of hydrogen-bond donors (Lipinski definition) is 1. The number of sulfonamides is 1. The molecule has 0 bridgehead atoms. The van der Waals surface area contributed by atoms with E-state index in [-0.39, 0.29) is 11.4 Å². The van der Waals surface area contributed by atoms with Gasteiger partial charge in [-0.15, -0.1) is 0 Å². The molecule has 1 heterocycles. The molecule has 0 amide bonds. The van der Waals surface area contributed by atoms with Gasteiger partial charge < -0.3 is 4.90 Å². The first kappa shape index (κ1) is 16.4. The molecule has 0 fully saturated rings. The first-order chi connectivity index (χ1) is 11.5. The summed E-state index contributed by atoms with van der Waals surface area (Å²) >= 11 is 0. The van der Waals surface area contributed by atoms with Gasteiger partial charge in [-0.25, -0.2) is 23.1 Å². The number of benzene rings is 2. The molecular weight excluding hydrogens is 324 g/mol. The molecule has 0 aliphatic heterocycles. The van der Waals surface area contributed by atoms with Gasteiger partial charge in [0, 0.05) is 25.7 Å². The fraction of sp³-hybridized carbons (Fsp3) is 0.176. The first-order valence-corrected chi connectivity index (χ1v) is 8.92. The van der Waals surface area contributed by atoms with Crippen LogP contribution in [0.3, 0.4) is 0 Å². The van der Waals surface area contributed by atoms with Crippen LogP contribution >= 0.6 is 0 Å². The van der Waals surface area contributed by atoms with Crippen molar-refractivity contribution in [1.82, 2.24) is 14.7 Å². The lowest BCUT2D eigenvalue weighted by Gasteiger charge is -2.12. The Bertz CT molecular complexity index is 966. The van der Waals surface area contributed by atoms with E-state index in [4.69, 9.17) is 0 Å². The summed E-state index contributed by atoms with van der Waals surface area (Å²) in [6, 6.07) is 14.3. The average Bonchev–Trinajstić information content (AvgIpc) is 2.60. The zero-order valence-corrected chi connectivity index (χ0v) is 14.3. The highest BCUT2D eigenvalue weighted by Gasteiger charge is 2.17. The topological polar surface area (TPSA) is 75.2 Å². The third-order valence-corrected chi connectivity index (χ3v) is 5.04. The average molecular weight is 342 g/mol. The van der Waals surface area contributed by atoms with E-state index in [0.29, 0.717) is 17.0 Å². The van der Waals surface area contributed by atoms with Crippen LogP contribution in [0, 0.1) is 0 Å². The summed E-state index contributed by atoms with van der Waals surface area (Å²) in [6.07, 6.45) is 1.61. The lowest BCUT2D eigenvalue weighted by atomic mass is 10.1. The van der Waals surface area contributed by atoms with Crippen LogP contribution in [0.2, 0.25) is 0 Å². The smallest absolute Gasteiger partial charge is 0.241 e. The number of anilines is 1. The van der Waals surface area contributed by atoms with Crippen LogP contribution in [-0.2, 0) is 16.6 Å². The van der Waals surface area contributed by atoms with Crippen molar-refractivity contribution in [2.45, 2.75) is 11.4 Å². The molecule has 1 N–H and O–H groups in total. The zero-order chi connectivity index (χ0) is 17.2. The van der Waals surface area contributed by atoms with Gasteiger partial charge in [0.05, 0.1) is 17.1 Å². The summed E-state index contributed by atoms with van der Waals surface area (Å²) in [4.78, 5) is 10.5. The van der Waals surface area contributed by atoms with E-state index in [1.54, 1.807) is 35.4 Å². The third-order valence-electron chi connectivity index (χ3n) is 3.58. The van der Waals surface area contributed by atoms with Gasteiger partial charge in [-0.2, -0.15) is 0 Å². The van der Waals surface area contributed by atoms with E-state index in [0.717, 1.165) is 5.39 Å². The Balaban J connectivity index is 1.87. The van der Waals surface area contributed by atoms with Crippen molar-refractivity contribution in [1.29, 1.82) is 0 Å². The second kappa shape index (κ2) is 6.54. The minimum absolute atomic E-state index is 0.106. The second-order valence-corrected chi connectivity index (χ2v) is 7.28. The minimum atomic E-state index is -3.64. The maximum absolute atomic E-state index is 12.7. The standard InChI is InChI=1S/C17H18N4O2S/c1-21(2)17-18-11-10-14(20-17)12-19-24(22,23)16-9-5-7-13-6-3-4-8-15(13)16/h3-11,19H,12H2,1-2H3. The molecule has 3 rings (SSSR count). The van der Waals surface area contributed by atoms with Gasteiger partial charge >= 0.3 is 0 Å². The number of nitrogens with zero attached hydrogens (tertiary/aromatic N) is 3. The Hall–Kier alpha value is -2.51. The molecule has 0 spiro atoms. The van der Waals surface area contributed by atoms with Crippen LogP contribution in [0.5, 0.6) is 0 Å². The quantitative estimate of drug-likeness (QED) is 0.769. The number of aromatic nitrogens is 2. The Labute approximate surface area is 141 Å². The van der Waals surface area contributed by atoms with Gasteiger partial charge in [0.1, 0.15) is 0 Å². The zero-order valence-electron chi connectivity index (χ0n) is 13.5. The summed E-state index contributed by atoms with van der Waals surface area (Å²) in [5, 5.41) is 1.58. The number of hydrogen-bond acceptors (Lipinski definition) is 5. The molecule has 124 valence electrons. The predicted molar refractivity (Wildman–Crippen MR) is 94.3 cm³/mol. The summed E-state index contributed by atoms with van der Waals surface area (Å²) in [5.41, 5.74) is 0.609. The van der Waals surface area contributed by atoms with Gasteiger partial charge in [-0.05, 0) is 17.5 Å². The Morgan fingerprint density at radius 2 is 1.79 bits per heavy atom. The largest absolute Gasteiger partial charge is 0.347 e. The van der Waals surface area contributed by atoms with Gasteiger partial charge in [0.15, 0.2) is 0 Å². The van der Waals surface area contributed by atoms with Crippen LogP contribution in [0.15, 0.2) is 59.6 Å². The van der Waals surface area contributed by atoms with Crippen LogP contribution in [0.1, 0.15) is 5.69 Å². The lowest BCUT2D eigenvalue weighted by molar-refractivity contribution is 0.581. The van der Waals surface area contributed by atoms with Crippen molar-refractivity contribution in [2.75, 3.05) is 19.0 Å². The minimum Gasteiger partial charge on any atom is -0.347 e. The molecule has 0 atom stereocenters. The van der Waals surface area contributed by atoms with Gasteiger partial charge in [0.2, 0.25) is 16.0 Å². The monoisotopic (exact) mass is 342 g/mol. The highest BCUT2D eigenvalue weighted by Crippen LogP contribution is 2.22. The van der Waals surface area contributed by atoms with E-state index in [1.165, 1.54) is 0 Å². The predicted octanol–water partition coefficient (Wildman–Crippen LogP) is 2.17. The van der Waals surface area contributed by atoms with Crippen molar-refractivity contribution in [3.05, 3.63) is 60.4 Å². The van der Waals surface area contributed by atoms with Gasteiger partial charge in [0.25, 0.3) is 0 Å². The molecule has 0 saturated carbocycles. The fourth-order valence-electron chi connectivity index (χ4n) is 2.38. The van der Waals surface area contributed by atoms with Crippen molar-refractivity contribution in [3.63, 3.8) is 0 Å². The van der Waals surface area contributed by atoms with Crippen molar-refractivity contribution in [3.8, 4) is 0 Å². The van der Waals surface area contributed by atoms with E-state index >= 15 is 0 Å². The Morgan fingerprint density at radius 3 is 2.58 bits per heavy atom. The van der Waals surface area contributed by atoms with Crippen LogP contribution < -0.4 is 9.62 Å². The summed E-state index contributed by atoms with van der Waals surface area (Å²) in [7, 11) is 0.0233. The number of nitrogens with one attached hydrogen (secondary N) is 1. The van der Waals surface area contributed by atoms with E-state index in [1.807, 2.05) is 38.4 Å². The first-order valence-electron chi connectivity index (χ1n) is 7.44. The number of rotatable bonds is 5. The fourth-order valence-corrected chi connectivity index (χ4v) is 3.60. The highest BCUT2D eigenvalue weighted by molar-refractivity contribution is 7.89. The Kier molecular flexibility index (Phi) is 4.46.